The molecule has 1 unspecified atom stereocenters. The average Bonchev–Trinajstić information content (AvgIpc) is 2.85. The number of benzene rings is 2. The van der Waals surface area contributed by atoms with Crippen LogP contribution in [0.4, 0.5) is 0 Å². The van der Waals surface area contributed by atoms with E-state index in [2.05, 4.69) is 80.3 Å². The van der Waals surface area contributed by atoms with Crippen molar-refractivity contribution in [3.63, 3.8) is 0 Å². The second kappa shape index (κ2) is 14.9. The van der Waals surface area contributed by atoms with Crippen LogP contribution >= 0.6 is 0 Å². The summed E-state index contributed by atoms with van der Waals surface area (Å²) in [4.78, 5) is 19.5. The van der Waals surface area contributed by atoms with Gasteiger partial charge in [-0.25, -0.2) is 0 Å². The molecule has 1 N–H and O–H groups in total. The minimum absolute atomic E-state index is 0.188. The SMILES string of the molecule is C#CC.C/C=c1/c(=O)[nH]c(Oc2ccc(CC(C)CCc3cc(C(C)C)ccc3C)cc2)n/c1=C/CC. The Balaban J connectivity index is 0.00000153. The average molecular weight is 499 g/mol. The van der Waals surface area contributed by atoms with Gasteiger partial charge in [-0.1, -0.05) is 70.2 Å². The summed E-state index contributed by atoms with van der Waals surface area (Å²) in [6.07, 6.45) is 12.4. The van der Waals surface area contributed by atoms with E-state index >= 15 is 0 Å². The maximum Gasteiger partial charge on any atom is 0.302 e. The van der Waals surface area contributed by atoms with Gasteiger partial charge < -0.3 is 4.74 Å². The Morgan fingerprint density at radius 1 is 1.14 bits per heavy atom. The first kappa shape index (κ1) is 29.6. The summed E-state index contributed by atoms with van der Waals surface area (Å²) in [7, 11) is 0. The number of hydrogen-bond acceptors (Lipinski definition) is 3. The van der Waals surface area contributed by atoms with Crippen LogP contribution in [-0.4, -0.2) is 9.97 Å². The number of aromatic nitrogens is 2. The summed E-state index contributed by atoms with van der Waals surface area (Å²) < 4.78 is 5.85. The summed E-state index contributed by atoms with van der Waals surface area (Å²) in [6.45, 7) is 14.5. The van der Waals surface area contributed by atoms with Crippen LogP contribution in [0.15, 0.2) is 47.3 Å². The fourth-order valence-electron chi connectivity index (χ4n) is 4.19. The Bertz CT molecular complexity index is 1360. The zero-order valence-electron chi connectivity index (χ0n) is 23.5. The third-order valence-electron chi connectivity index (χ3n) is 6.32. The van der Waals surface area contributed by atoms with Crippen LogP contribution in [0, 0.1) is 25.2 Å². The summed E-state index contributed by atoms with van der Waals surface area (Å²) in [5.41, 5.74) is 5.36. The van der Waals surface area contributed by atoms with Gasteiger partial charge in [-0.15, -0.1) is 12.3 Å². The third kappa shape index (κ3) is 9.10. The lowest BCUT2D eigenvalue weighted by Gasteiger charge is -2.15. The number of nitrogens with one attached hydrogen (secondary N) is 1. The molecule has 0 spiro atoms. The van der Waals surface area contributed by atoms with Gasteiger partial charge in [0.25, 0.3) is 5.56 Å². The molecule has 0 fully saturated rings. The van der Waals surface area contributed by atoms with E-state index < -0.39 is 0 Å². The number of H-pyrrole nitrogens is 1. The number of terminal acetylenes is 1. The summed E-state index contributed by atoms with van der Waals surface area (Å²) >= 11 is 0. The molecule has 0 saturated heterocycles. The van der Waals surface area contributed by atoms with E-state index in [9.17, 15) is 4.79 Å². The fourth-order valence-corrected chi connectivity index (χ4v) is 4.19. The molecule has 0 radical (unpaired) electrons. The van der Waals surface area contributed by atoms with Crippen molar-refractivity contribution in [1.29, 1.82) is 0 Å². The topological polar surface area (TPSA) is 55.0 Å². The van der Waals surface area contributed by atoms with Crippen LogP contribution < -0.4 is 20.9 Å². The molecule has 1 atom stereocenters. The molecule has 37 heavy (non-hydrogen) atoms. The normalized spacial score (nSPS) is 12.6. The van der Waals surface area contributed by atoms with E-state index in [1.54, 1.807) is 13.0 Å². The molecule has 0 aliphatic rings. The van der Waals surface area contributed by atoms with Gasteiger partial charge >= 0.3 is 6.01 Å². The Kier molecular flexibility index (Phi) is 11.9. The van der Waals surface area contributed by atoms with Crippen LogP contribution in [0.2, 0.25) is 0 Å². The van der Waals surface area contributed by atoms with Crippen LogP contribution in [-0.2, 0) is 12.8 Å². The lowest BCUT2D eigenvalue weighted by atomic mass is 9.91. The van der Waals surface area contributed by atoms with Crippen LogP contribution in [0.5, 0.6) is 11.8 Å². The smallest absolute Gasteiger partial charge is 0.302 e. The van der Waals surface area contributed by atoms with E-state index in [4.69, 9.17) is 4.74 Å². The molecule has 1 heterocycles. The first-order valence-corrected chi connectivity index (χ1v) is 13.2. The fraction of sp³-hybridized carbons (Fsp3) is 0.394. The molecule has 4 heteroatoms. The number of rotatable bonds is 9. The van der Waals surface area contributed by atoms with E-state index in [0.717, 1.165) is 25.7 Å². The molecule has 0 aliphatic carbocycles. The van der Waals surface area contributed by atoms with Crippen molar-refractivity contribution in [3.8, 4) is 24.1 Å². The quantitative estimate of drug-likeness (QED) is 0.346. The monoisotopic (exact) mass is 498 g/mol. The van der Waals surface area contributed by atoms with Crippen LogP contribution in [0.25, 0.3) is 12.2 Å². The zero-order chi connectivity index (χ0) is 27.4. The molecule has 4 nitrogen and oxygen atoms in total. The predicted molar refractivity (Wildman–Crippen MR) is 156 cm³/mol. The minimum Gasteiger partial charge on any atom is -0.426 e. The molecule has 196 valence electrons. The highest BCUT2D eigenvalue weighted by atomic mass is 16.5. The highest BCUT2D eigenvalue weighted by Crippen LogP contribution is 2.23. The lowest BCUT2D eigenvalue weighted by Crippen LogP contribution is -2.42. The van der Waals surface area contributed by atoms with Gasteiger partial charge in [0.15, 0.2) is 0 Å². The summed E-state index contributed by atoms with van der Waals surface area (Å²) in [5, 5.41) is 1.23. The summed E-state index contributed by atoms with van der Waals surface area (Å²) in [5.74, 6) is 4.05. The highest BCUT2D eigenvalue weighted by molar-refractivity contribution is 5.33. The standard InChI is InChI=1S/C30H38N2O2.C3H4/c1-7-9-28-27(8-2)29(33)32-30(31-28)34-26-16-12-23(13-17-26)18-21(5)10-14-25-19-24(20(3)4)15-11-22(25)6;1-3-2/h8-9,11-13,15-17,19-21H,7,10,14,18H2,1-6H3,(H,31,32,33);1H,2H3/b27-8+,28-9+;. The maximum atomic E-state index is 12.3. The molecule has 1 aromatic heterocycles. The van der Waals surface area contributed by atoms with Gasteiger partial charge in [-0.3, -0.25) is 9.78 Å². The molecule has 0 amide bonds. The number of nitrogens with zero attached hydrogens (tertiary/aromatic N) is 1. The largest absolute Gasteiger partial charge is 0.426 e. The Morgan fingerprint density at radius 2 is 1.81 bits per heavy atom. The molecule has 3 rings (SSSR count). The Labute approximate surface area is 222 Å². The number of ether oxygens (including phenoxy) is 1. The van der Waals surface area contributed by atoms with E-state index in [-0.39, 0.29) is 11.6 Å². The third-order valence-corrected chi connectivity index (χ3v) is 6.32. The molecule has 0 aliphatic heterocycles. The van der Waals surface area contributed by atoms with E-state index in [1.807, 2.05) is 32.1 Å². The second-order valence-corrected chi connectivity index (χ2v) is 9.79. The summed E-state index contributed by atoms with van der Waals surface area (Å²) in [6, 6.07) is 15.2. The molecule has 3 aromatic rings. The lowest BCUT2D eigenvalue weighted by molar-refractivity contribution is 0.437. The molecular weight excluding hydrogens is 456 g/mol. The van der Waals surface area contributed by atoms with Gasteiger partial charge in [0.2, 0.25) is 0 Å². The molecule has 0 saturated carbocycles. The van der Waals surface area contributed by atoms with E-state index in [0.29, 0.717) is 28.2 Å². The van der Waals surface area contributed by atoms with Crippen molar-refractivity contribution < 1.29 is 4.74 Å². The first-order chi connectivity index (χ1) is 17.7. The van der Waals surface area contributed by atoms with E-state index in [1.165, 1.54) is 22.3 Å². The van der Waals surface area contributed by atoms with Gasteiger partial charge in [0.05, 0.1) is 10.6 Å². The van der Waals surface area contributed by atoms with Crippen molar-refractivity contribution >= 4 is 12.2 Å². The number of aromatic amines is 1. The Hall–Kier alpha value is -3.58. The predicted octanol–water partition coefficient (Wildman–Crippen LogP) is 6.44. The van der Waals surface area contributed by atoms with Gasteiger partial charge in [-0.05, 0) is 92.7 Å². The second-order valence-electron chi connectivity index (χ2n) is 9.79. The van der Waals surface area contributed by atoms with Gasteiger partial charge in [0, 0.05) is 0 Å². The Morgan fingerprint density at radius 3 is 2.41 bits per heavy atom. The molecule has 2 aromatic carbocycles. The molecular formula is C33H42N2O2. The first-order valence-electron chi connectivity index (χ1n) is 13.2. The van der Waals surface area contributed by atoms with Crippen molar-refractivity contribution in [2.75, 3.05) is 0 Å². The highest BCUT2D eigenvalue weighted by Gasteiger charge is 2.09. The zero-order valence-corrected chi connectivity index (χ0v) is 23.5. The van der Waals surface area contributed by atoms with Crippen LogP contribution in [0.1, 0.15) is 82.6 Å². The van der Waals surface area contributed by atoms with Crippen LogP contribution in [0.3, 0.4) is 0 Å². The number of hydrogen-bond donors (Lipinski definition) is 1. The number of aryl methyl sites for hydroxylation is 2. The maximum absolute atomic E-state index is 12.3. The molecule has 0 bridgehead atoms. The van der Waals surface area contributed by atoms with Gasteiger partial charge in [0.1, 0.15) is 5.75 Å². The minimum atomic E-state index is -0.188. The van der Waals surface area contributed by atoms with Crippen molar-refractivity contribution in [2.24, 2.45) is 5.92 Å². The van der Waals surface area contributed by atoms with Crippen molar-refractivity contribution in [2.45, 2.75) is 80.1 Å². The van der Waals surface area contributed by atoms with Crippen molar-refractivity contribution in [3.05, 3.63) is 85.6 Å². The van der Waals surface area contributed by atoms with Crippen molar-refractivity contribution in [1.82, 2.24) is 9.97 Å². The van der Waals surface area contributed by atoms with Gasteiger partial charge in [-0.2, -0.15) is 4.98 Å².